The molecule has 4 N–H and O–H groups in total. The number of amides is 2. The number of Topliss-reactive ketones (excluding diaryl/α,β-unsaturated/α-hetero) is 1. The zero-order chi connectivity index (χ0) is 20.2. The van der Waals surface area contributed by atoms with Gasteiger partial charge in [0.2, 0.25) is 11.8 Å². The molecule has 0 saturated carbocycles. The van der Waals surface area contributed by atoms with E-state index in [1.165, 1.54) is 0 Å². The maximum absolute atomic E-state index is 12.6. The largest absolute Gasteiger partial charge is 0.395 e. The predicted molar refractivity (Wildman–Crippen MR) is 106 cm³/mol. The molecular formula is C20H31N3O3. The monoisotopic (exact) mass is 361 g/mol. The third-order valence-electron chi connectivity index (χ3n) is 3.76. The van der Waals surface area contributed by atoms with Crippen LogP contribution in [0.15, 0.2) is 12.1 Å². The van der Waals surface area contributed by atoms with Crippen LogP contribution in [0.25, 0.3) is 0 Å². The van der Waals surface area contributed by atoms with Crippen LogP contribution in [0.1, 0.15) is 65.2 Å². The molecule has 26 heavy (non-hydrogen) atoms. The molecule has 0 aliphatic heterocycles. The minimum atomic E-state index is -0.239. The molecule has 2 amide bonds. The Balaban J connectivity index is 3.35. The molecule has 1 aromatic rings. The van der Waals surface area contributed by atoms with Gasteiger partial charge in [0.15, 0.2) is 5.78 Å². The summed E-state index contributed by atoms with van der Waals surface area (Å²) in [6.45, 7) is 13.0. The van der Waals surface area contributed by atoms with E-state index >= 15 is 0 Å². The normalized spacial score (nSPS) is 11.6. The Hall–Kier alpha value is -2.37. The van der Waals surface area contributed by atoms with Crippen LogP contribution >= 0.6 is 0 Å². The Kier molecular flexibility index (Phi) is 6.95. The molecule has 1 aromatic carbocycles. The van der Waals surface area contributed by atoms with Gasteiger partial charge in [0, 0.05) is 23.8 Å². The van der Waals surface area contributed by atoms with Crippen molar-refractivity contribution in [2.45, 2.75) is 54.9 Å². The highest BCUT2D eigenvalue weighted by Gasteiger charge is 2.21. The van der Waals surface area contributed by atoms with E-state index in [2.05, 4.69) is 10.6 Å². The average Bonchev–Trinajstić information content (AvgIpc) is 2.48. The summed E-state index contributed by atoms with van der Waals surface area (Å²) < 4.78 is 0. The molecular weight excluding hydrogens is 330 g/mol. The van der Waals surface area contributed by atoms with E-state index in [0.717, 1.165) is 0 Å². The number of carbonyl (C=O) groups excluding carboxylic acids is 3. The van der Waals surface area contributed by atoms with E-state index in [9.17, 15) is 14.4 Å². The lowest BCUT2D eigenvalue weighted by Gasteiger charge is -2.20. The van der Waals surface area contributed by atoms with Crippen LogP contribution in [-0.4, -0.2) is 17.6 Å². The van der Waals surface area contributed by atoms with Crippen LogP contribution in [0.2, 0.25) is 0 Å². The van der Waals surface area contributed by atoms with Gasteiger partial charge in [0.1, 0.15) is 0 Å². The highest BCUT2D eigenvalue weighted by Crippen LogP contribution is 2.32. The molecule has 0 saturated heterocycles. The summed E-state index contributed by atoms with van der Waals surface area (Å²) in [7, 11) is 0. The van der Waals surface area contributed by atoms with Crippen LogP contribution < -0.4 is 16.4 Å². The van der Waals surface area contributed by atoms with E-state index in [0.29, 0.717) is 23.4 Å². The standard InChI is InChI=1S/C20H31N3O3/c1-11(2)18(25)22-14-8-13(16(24)10-20(5,6)7)9-15(17(14)21)23-19(26)12(3)4/h8-9,11-12H,10,21H2,1-7H3,(H,22,25)(H,23,26). The number of benzene rings is 1. The molecule has 0 aliphatic carbocycles. The molecule has 0 atom stereocenters. The van der Waals surface area contributed by atoms with Crippen molar-refractivity contribution in [3.05, 3.63) is 17.7 Å². The lowest BCUT2D eigenvalue weighted by molar-refractivity contribution is -0.119. The van der Waals surface area contributed by atoms with E-state index < -0.39 is 0 Å². The Labute approximate surface area is 155 Å². The van der Waals surface area contributed by atoms with Gasteiger partial charge >= 0.3 is 0 Å². The smallest absolute Gasteiger partial charge is 0.226 e. The summed E-state index contributed by atoms with van der Waals surface area (Å²) in [6.07, 6.45) is 0.339. The number of anilines is 3. The van der Waals surface area contributed by atoms with Crippen LogP contribution in [0, 0.1) is 17.3 Å². The number of hydrogen-bond donors (Lipinski definition) is 3. The van der Waals surface area contributed by atoms with Crippen molar-refractivity contribution in [3.63, 3.8) is 0 Å². The van der Waals surface area contributed by atoms with E-state index in [-0.39, 0.29) is 40.5 Å². The van der Waals surface area contributed by atoms with E-state index in [4.69, 9.17) is 5.73 Å². The van der Waals surface area contributed by atoms with Gasteiger partial charge in [-0.15, -0.1) is 0 Å². The van der Waals surface area contributed by atoms with Gasteiger partial charge in [-0.25, -0.2) is 0 Å². The molecule has 0 spiro atoms. The quantitative estimate of drug-likeness (QED) is 0.525. The summed E-state index contributed by atoms with van der Waals surface area (Å²) in [5.74, 6) is -0.969. The minimum absolute atomic E-state index is 0.0717. The first kappa shape index (κ1) is 21.7. The topological polar surface area (TPSA) is 101 Å². The van der Waals surface area contributed by atoms with Crippen LogP contribution in [0.3, 0.4) is 0 Å². The summed E-state index contributed by atoms with van der Waals surface area (Å²) in [6, 6.07) is 3.16. The maximum Gasteiger partial charge on any atom is 0.226 e. The van der Waals surface area contributed by atoms with Crippen LogP contribution in [0.5, 0.6) is 0 Å². The molecule has 6 nitrogen and oxygen atoms in total. The van der Waals surface area contributed by atoms with Gasteiger partial charge in [-0.2, -0.15) is 0 Å². The highest BCUT2D eigenvalue weighted by atomic mass is 16.2. The summed E-state index contributed by atoms with van der Waals surface area (Å²) in [5, 5.41) is 5.49. The third kappa shape index (κ3) is 6.17. The van der Waals surface area contributed by atoms with Gasteiger partial charge in [-0.1, -0.05) is 48.5 Å². The molecule has 0 bridgehead atoms. The average molecular weight is 361 g/mol. The Morgan fingerprint density at radius 3 is 1.62 bits per heavy atom. The molecule has 0 heterocycles. The van der Waals surface area contributed by atoms with Crippen molar-refractivity contribution >= 4 is 34.7 Å². The molecule has 144 valence electrons. The predicted octanol–water partition coefficient (Wildman–Crippen LogP) is 4.08. The zero-order valence-corrected chi connectivity index (χ0v) is 16.8. The second-order valence-electron chi connectivity index (χ2n) is 8.43. The number of nitrogen functional groups attached to an aromatic ring is 1. The number of rotatable bonds is 6. The van der Waals surface area contributed by atoms with Gasteiger partial charge in [-0.05, 0) is 17.5 Å². The fourth-order valence-corrected chi connectivity index (χ4v) is 2.16. The van der Waals surface area contributed by atoms with Gasteiger partial charge < -0.3 is 16.4 Å². The van der Waals surface area contributed by atoms with Crippen molar-refractivity contribution in [2.24, 2.45) is 17.3 Å². The molecule has 0 radical (unpaired) electrons. The molecule has 0 unspecified atom stereocenters. The fourth-order valence-electron chi connectivity index (χ4n) is 2.16. The molecule has 0 aliphatic rings. The lowest BCUT2D eigenvalue weighted by Crippen LogP contribution is -2.22. The first-order valence-electron chi connectivity index (χ1n) is 8.90. The van der Waals surface area contributed by atoms with Gasteiger partial charge in [0.05, 0.1) is 17.1 Å². The number of hydrogen-bond acceptors (Lipinski definition) is 4. The number of nitrogens with two attached hydrogens (primary N) is 1. The second-order valence-corrected chi connectivity index (χ2v) is 8.43. The van der Waals surface area contributed by atoms with Gasteiger partial charge in [0.25, 0.3) is 0 Å². The summed E-state index contributed by atoms with van der Waals surface area (Å²) >= 11 is 0. The second kappa shape index (κ2) is 8.34. The summed E-state index contributed by atoms with van der Waals surface area (Å²) in [4.78, 5) is 36.8. The highest BCUT2D eigenvalue weighted by molar-refractivity contribution is 6.06. The Bertz CT molecular complexity index is 658. The summed E-state index contributed by atoms with van der Waals surface area (Å²) in [5.41, 5.74) is 7.27. The first-order chi connectivity index (χ1) is 11.8. The molecule has 1 rings (SSSR count). The van der Waals surface area contributed by atoms with Gasteiger partial charge in [-0.3, -0.25) is 14.4 Å². The van der Waals surface area contributed by atoms with Crippen LogP contribution in [-0.2, 0) is 9.59 Å². The molecule has 0 fully saturated rings. The maximum atomic E-state index is 12.6. The Morgan fingerprint density at radius 2 is 1.31 bits per heavy atom. The van der Waals surface area contributed by atoms with E-state index in [1.807, 2.05) is 20.8 Å². The lowest BCUT2D eigenvalue weighted by atomic mass is 9.87. The van der Waals surface area contributed by atoms with Crippen molar-refractivity contribution < 1.29 is 14.4 Å². The Morgan fingerprint density at radius 1 is 0.923 bits per heavy atom. The van der Waals surface area contributed by atoms with Crippen molar-refractivity contribution in [2.75, 3.05) is 16.4 Å². The third-order valence-corrected chi connectivity index (χ3v) is 3.76. The zero-order valence-electron chi connectivity index (χ0n) is 16.8. The van der Waals surface area contributed by atoms with Crippen LogP contribution in [0.4, 0.5) is 17.1 Å². The van der Waals surface area contributed by atoms with Crippen molar-refractivity contribution in [1.29, 1.82) is 0 Å². The molecule has 6 heteroatoms. The number of ketones is 1. The van der Waals surface area contributed by atoms with Crippen molar-refractivity contribution in [3.8, 4) is 0 Å². The SMILES string of the molecule is CC(C)C(=O)Nc1cc(C(=O)CC(C)(C)C)cc(NC(=O)C(C)C)c1N. The minimum Gasteiger partial charge on any atom is -0.395 e. The number of nitrogens with one attached hydrogen (secondary N) is 2. The number of carbonyl (C=O) groups is 3. The first-order valence-corrected chi connectivity index (χ1v) is 8.90. The van der Waals surface area contributed by atoms with E-state index in [1.54, 1.807) is 39.8 Å². The molecule has 0 aromatic heterocycles. The van der Waals surface area contributed by atoms with Crippen molar-refractivity contribution in [1.82, 2.24) is 0 Å². The fraction of sp³-hybridized carbons (Fsp3) is 0.550.